The average molecular weight is 403 g/mol. The molecule has 0 atom stereocenters. The number of benzene rings is 2. The summed E-state index contributed by atoms with van der Waals surface area (Å²) in [4.78, 5) is 23.8. The predicted molar refractivity (Wildman–Crippen MR) is 113 cm³/mol. The average Bonchev–Trinajstić information content (AvgIpc) is 2.70. The number of amides is 2. The second-order valence-electron chi connectivity index (χ2n) is 5.95. The van der Waals surface area contributed by atoms with Crippen molar-refractivity contribution in [3.8, 4) is 11.5 Å². The first-order valence-corrected chi connectivity index (χ1v) is 10.3. The van der Waals surface area contributed by atoms with Gasteiger partial charge in [-0.3, -0.25) is 9.59 Å². The molecule has 150 valence electrons. The van der Waals surface area contributed by atoms with E-state index in [1.54, 1.807) is 19.2 Å². The van der Waals surface area contributed by atoms with E-state index in [1.165, 1.54) is 11.8 Å². The molecule has 0 bridgehead atoms. The summed E-state index contributed by atoms with van der Waals surface area (Å²) in [5, 5.41) is 5.67. The summed E-state index contributed by atoms with van der Waals surface area (Å²) in [6, 6.07) is 15.0. The van der Waals surface area contributed by atoms with Crippen LogP contribution in [-0.2, 0) is 16.0 Å². The van der Waals surface area contributed by atoms with E-state index in [4.69, 9.17) is 9.47 Å². The lowest BCUT2D eigenvalue weighted by atomic mass is 10.1. The highest BCUT2D eigenvalue weighted by Crippen LogP contribution is 2.16. The van der Waals surface area contributed by atoms with Crippen LogP contribution in [0.4, 0.5) is 5.69 Å². The first-order chi connectivity index (χ1) is 13.6. The summed E-state index contributed by atoms with van der Waals surface area (Å²) in [5.74, 6) is 1.83. The monoisotopic (exact) mass is 402 g/mol. The maximum Gasteiger partial charge on any atom is 0.234 e. The molecule has 0 aromatic heterocycles. The Morgan fingerprint density at radius 2 is 1.57 bits per heavy atom. The van der Waals surface area contributed by atoms with Gasteiger partial charge in [-0.1, -0.05) is 12.1 Å². The molecule has 0 unspecified atom stereocenters. The fourth-order valence-electron chi connectivity index (χ4n) is 2.42. The molecule has 2 aromatic rings. The molecule has 2 amide bonds. The van der Waals surface area contributed by atoms with Gasteiger partial charge >= 0.3 is 0 Å². The minimum atomic E-state index is -0.139. The Kier molecular flexibility index (Phi) is 9.21. The molecule has 7 heteroatoms. The molecule has 0 aliphatic heterocycles. The summed E-state index contributed by atoms with van der Waals surface area (Å²) >= 11 is 1.29. The fourth-order valence-corrected chi connectivity index (χ4v) is 3.07. The number of carbonyl (C=O) groups excluding carboxylic acids is 2. The summed E-state index contributed by atoms with van der Waals surface area (Å²) in [6.07, 6.45) is 0.749. The van der Waals surface area contributed by atoms with Gasteiger partial charge in [-0.15, -0.1) is 11.8 Å². The van der Waals surface area contributed by atoms with Crippen LogP contribution in [-0.4, -0.2) is 43.6 Å². The van der Waals surface area contributed by atoms with Crippen molar-refractivity contribution in [1.82, 2.24) is 5.32 Å². The first kappa shape index (κ1) is 21.6. The van der Waals surface area contributed by atoms with Crippen molar-refractivity contribution in [2.45, 2.75) is 13.3 Å². The van der Waals surface area contributed by atoms with Crippen LogP contribution in [0.25, 0.3) is 0 Å². The van der Waals surface area contributed by atoms with E-state index < -0.39 is 0 Å². The van der Waals surface area contributed by atoms with Gasteiger partial charge in [-0.2, -0.15) is 0 Å². The molecule has 28 heavy (non-hydrogen) atoms. The van der Waals surface area contributed by atoms with Crippen LogP contribution < -0.4 is 20.1 Å². The topological polar surface area (TPSA) is 76.7 Å². The largest absolute Gasteiger partial charge is 0.497 e. The van der Waals surface area contributed by atoms with Crippen LogP contribution in [0, 0.1) is 0 Å². The fraction of sp³-hybridized carbons (Fsp3) is 0.333. The van der Waals surface area contributed by atoms with Crippen molar-refractivity contribution >= 4 is 29.3 Å². The zero-order valence-electron chi connectivity index (χ0n) is 16.2. The second-order valence-corrected chi connectivity index (χ2v) is 6.93. The van der Waals surface area contributed by atoms with Crippen LogP contribution in [0.1, 0.15) is 12.5 Å². The van der Waals surface area contributed by atoms with Crippen LogP contribution in [0.15, 0.2) is 48.5 Å². The highest BCUT2D eigenvalue weighted by molar-refractivity contribution is 8.00. The Labute approximate surface area is 170 Å². The van der Waals surface area contributed by atoms with Gasteiger partial charge in [0.1, 0.15) is 11.5 Å². The summed E-state index contributed by atoms with van der Waals surface area (Å²) in [7, 11) is 1.63. The van der Waals surface area contributed by atoms with Gasteiger partial charge in [0.2, 0.25) is 11.8 Å². The van der Waals surface area contributed by atoms with Crippen molar-refractivity contribution in [2.75, 3.05) is 37.1 Å². The van der Waals surface area contributed by atoms with E-state index in [-0.39, 0.29) is 23.3 Å². The second kappa shape index (κ2) is 11.9. The smallest absolute Gasteiger partial charge is 0.234 e. The van der Waals surface area contributed by atoms with E-state index in [0.29, 0.717) is 18.8 Å². The quantitative estimate of drug-likeness (QED) is 0.604. The van der Waals surface area contributed by atoms with E-state index in [0.717, 1.165) is 23.5 Å². The van der Waals surface area contributed by atoms with Crippen molar-refractivity contribution in [3.05, 3.63) is 54.1 Å². The normalized spacial score (nSPS) is 10.2. The highest BCUT2D eigenvalue weighted by atomic mass is 32.2. The predicted octanol–water partition coefficient (Wildman–Crippen LogP) is 3.12. The lowest BCUT2D eigenvalue weighted by Gasteiger charge is -2.08. The van der Waals surface area contributed by atoms with Gasteiger partial charge < -0.3 is 20.1 Å². The SMILES string of the molecule is CCOc1ccc(NC(=O)CSCC(=O)NCCc2ccc(OC)cc2)cc1. The van der Waals surface area contributed by atoms with Gasteiger partial charge in [0, 0.05) is 12.2 Å². The number of nitrogens with one attached hydrogen (secondary N) is 2. The number of rotatable bonds is 11. The molecule has 2 N–H and O–H groups in total. The van der Waals surface area contributed by atoms with Crippen LogP contribution in [0.2, 0.25) is 0 Å². The Morgan fingerprint density at radius 3 is 2.21 bits per heavy atom. The molecule has 2 aromatic carbocycles. The van der Waals surface area contributed by atoms with Gasteiger partial charge in [-0.05, 0) is 55.3 Å². The molecule has 0 spiro atoms. The summed E-state index contributed by atoms with van der Waals surface area (Å²) in [5.41, 5.74) is 1.83. The molecular formula is C21H26N2O4S. The molecule has 0 radical (unpaired) electrons. The number of hydrogen-bond acceptors (Lipinski definition) is 5. The van der Waals surface area contributed by atoms with Crippen molar-refractivity contribution in [2.24, 2.45) is 0 Å². The Morgan fingerprint density at radius 1 is 0.929 bits per heavy atom. The van der Waals surface area contributed by atoms with Gasteiger partial charge in [0.25, 0.3) is 0 Å². The molecule has 0 aliphatic rings. The van der Waals surface area contributed by atoms with E-state index in [9.17, 15) is 9.59 Å². The lowest BCUT2D eigenvalue weighted by Crippen LogP contribution is -2.28. The highest BCUT2D eigenvalue weighted by Gasteiger charge is 2.06. The van der Waals surface area contributed by atoms with Crippen LogP contribution in [0.5, 0.6) is 11.5 Å². The molecular weight excluding hydrogens is 376 g/mol. The molecule has 0 heterocycles. The third-order valence-electron chi connectivity index (χ3n) is 3.81. The summed E-state index contributed by atoms with van der Waals surface area (Å²) in [6.45, 7) is 3.08. The molecule has 0 aliphatic carbocycles. The maximum absolute atomic E-state index is 12.0. The third-order valence-corrected chi connectivity index (χ3v) is 4.74. The van der Waals surface area contributed by atoms with Crippen molar-refractivity contribution < 1.29 is 19.1 Å². The molecule has 0 saturated carbocycles. The Balaban J connectivity index is 1.59. The minimum absolute atomic E-state index is 0.0765. The van der Waals surface area contributed by atoms with E-state index in [1.807, 2.05) is 43.3 Å². The number of hydrogen-bond donors (Lipinski definition) is 2. The molecule has 0 fully saturated rings. The standard InChI is InChI=1S/C21H26N2O4S/c1-3-27-19-10-6-17(7-11-19)23-21(25)15-28-14-20(24)22-13-12-16-4-8-18(26-2)9-5-16/h4-11H,3,12-15H2,1-2H3,(H,22,24)(H,23,25). The van der Waals surface area contributed by atoms with E-state index >= 15 is 0 Å². The van der Waals surface area contributed by atoms with Crippen LogP contribution >= 0.6 is 11.8 Å². The molecule has 0 saturated heterocycles. The number of thioether (sulfide) groups is 1. The van der Waals surface area contributed by atoms with Crippen molar-refractivity contribution in [1.29, 1.82) is 0 Å². The number of ether oxygens (including phenoxy) is 2. The van der Waals surface area contributed by atoms with E-state index in [2.05, 4.69) is 10.6 Å². The number of anilines is 1. The summed E-state index contributed by atoms with van der Waals surface area (Å²) < 4.78 is 10.5. The maximum atomic E-state index is 12.0. The van der Waals surface area contributed by atoms with Crippen LogP contribution in [0.3, 0.4) is 0 Å². The minimum Gasteiger partial charge on any atom is -0.497 e. The Hall–Kier alpha value is -2.67. The van der Waals surface area contributed by atoms with Gasteiger partial charge in [-0.25, -0.2) is 0 Å². The van der Waals surface area contributed by atoms with Gasteiger partial charge in [0.05, 0.1) is 25.2 Å². The zero-order chi connectivity index (χ0) is 20.2. The number of methoxy groups -OCH3 is 1. The number of carbonyl (C=O) groups is 2. The van der Waals surface area contributed by atoms with Gasteiger partial charge in [0.15, 0.2) is 0 Å². The van der Waals surface area contributed by atoms with Crippen molar-refractivity contribution in [3.63, 3.8) is 0 Å². The first-order valence-electron chi connectivity index (χ1n) is 9.10. The lowest BCUT2D eigenvalue weighted by molar-refractivity contribution is -0.118. The third kappa shape index (κ3) is 7.92. The molecule has 6 nitrogen and oxygen atoms in total. The zero-order valence-corrected chi connectivity index (χ0v) is 17.0. The molecule has 2 rings (SSSR count). The Bertz CT molecular complexity index is 748.